The van der Waals surface area contributed by atoms with Gasteiger partial charge in [-0.3, -0.25) is 4.79 Å². The molecular formula is C25H30Cl2F2N2O4. The quantitative estimate of drug-likeness (QED) is 0.418. The first-order valence-electron chi connectivity index (χ1n) is 11.5. The van der Waals surface area contributed by atoms with Gasteiger partial charge < -0.3 is 25.2 Å². The van der Waals surface area contributed by atoms with Gasteiger partial charge in [-0.1, -0.05) is 37.0 Å². The molecule has 35 heavy (non-hydrogen) atoms. The fourth-order valence-corrected chi connectivity index (χ4v) is 4.68. The van der Waals surface area contributed by atoms with Crippen LogP contribution in [0.3, 0.4) is 0 Å². The third-order valence-electron chi connectivity index (χ3n) is 6.09. The van der Waals surface area contributed by atoms with Gasteiger partial charge >= 0.3 is 0 Å². The molecule has 1 amide bonds. The number of aliphatic hydroxyl groups excluding tert-OH is 1. The van der Waals surface area contributed by atoms with E-state index in [2.05, 4.69) is 24.5 Å². The molecule has 0 saturated heterocycles. The zero-order valence-electron chi connectivity index (χ0n) is 19.6. The number of carbonyl (C=O) groups is 1. The number of hydrogen-bond acceptors (Lipinski definition) is 5. The SMILES string of the molecule is CC1CC(NC(=O)COc2ccc(Cl)c(F)c2)CC(C)C1NCC(O)COc1ccc(Cl)c(F)c1. The molecule has 192 valence electrons. The largest absolute Gasteiger partial charge is 0.491 e. The summed E-state index contributed by atoms with van der Waals surface area (Å²) in [5, 5.41) is 16.7. The lowest BCUT2D eigenvalue weighted by Crippen LogP contribution is -2.52. The van der Waals surface area contributed by atoms with Gasteiger partial charge in [-0.2, -0.15) is 0 Å². The molecule has 0 bridgehead atoms. The van der Waals surface area contributed by atoms with Crippen molar-refractivity contribution < 1.29 is 28.2 Å². The lowest BCUT2D eigenvalue weighted by Gasteiger charge is -2.40. The van der Waals surface area contributed by atoms with Gasteiger partial charge in [-0.25, -0.2) is 8.78 Å². The summed E-state index contributed by atoms with van der Waals surface area (Å²) in [6.07, 6.45) is 0.750. The van der Waals surface area contributed by atoms with E-state index in [0.717, 1.165) is 18.9 Å². The van der Waals surface area contributed by atoms with Crippen LogP contribution < -0.4 is 20.1 Å². The molecule has 2 aromatic rings. The second-order valence-electron chi connectivity index (χ2n) is 9.03. The van der Waals surface area contributed by atoms with Gasteiger partial charge in [0.25, 0.3) is 5.91 Å². The highest BCUT2D eigenvalue weighted by Gasteiger charge is 2.33. The summed E-state index contributed by atoms with van der Waals surface area (Å²) in [7, 11) is 0. The average molecular weight is 531 g/mol. The number of benzene rings is 2. The maximum Gasteiger partial charge on any atom is 0.258 e. The first-order chi connectivity index (χ1) is 16.6. The lowest BCUT2D eigenvalue weighted by molar-refractivity contribution is -0.124. The summed E-state index contributed by atoms with van der Waals surface area (Å²) in [5.41, 5.74) is 0. The van der Waals surface area contributed by atoms with E-state index < -0.39 is 17.7 Å². The van der Waals surface area contributed by atoms with Crippen molar-refractivity contribution in [3.05, 3.63) is 58.1 Å². The summed E-state index contributed by atoms with van der Waals surface area (Å²) in [4.78, 5) is 12.3. The highest BCUT2D eigenvalue weighted by Crippen LogP contribution is 2.29. The summed E-state index contributed by atoms with van der Waals surface area (Å²) in [5.74, 6) is -0.429. The smallest absolute Gasteiger partial charge is 0.258 e. The van der Waals surface area contributed by atoms with Gasteiger partial charge in [0.05, 0.1) is 10.0 Å². The summed E-state index contributed by atoms with van der Waals surface area (Å²) in [6, 6.07) is 8.30. The number of aliphatic hydroxyl groups is 1. The van der Waals surface area contributed by atoms with E-state index in [1.807, 2.05) is 0 Å². The predicted octanol–water partition coefficient (Wildman–Crippen LogP) is 4.60. The maximum absolute atomic E-state index is 13.5. The third kappa shape index (κ3) is 8.20. The number of rotatable bonds is 10. The summed E-state index contributed by atoms with van der Waals surface area (Å²) in [6.45, 7) is 4.31. The average Bonchev–Trinajstić information content (AvgIpc) is 2.80. The zero-order chi connectivity index (χ0) is 25.5. The van der Waals surface area contributed by atoms with Crippen molar-refractivity contribution in [3.8, 4) is 11.5 Å². The Morgan fingerprint density at radius 1 is 1.03 bits per heavy atom. The van der Waals surface area contributed by atoms with Gasteiger partial charge in [0.1, 0.15) is 35.8 Å². The number of halogens is 4. The van der Waals surface area contributed by atoms with Crippen LogP contribution in [0, 0.1) is 23.5 Å². The van der Waals surface area contributed by atoms with Crippen LogP contribution in [0.25, 0.3) is 0 Å². The molecule has 3 rings (SSSR count). The fourth-order valence-electron chi connectivity index (χ4n) is 4.44. The van der Waals surface area contributed by atoms with Crippen LogP contribution in [0.4, 0.5) is 8.78 Å². The minimum atomic E-state index is -0.777. The molecule has 0 radical (unpaired) electrons. The molecule has 3 atom stereocenters. The van der Waals surface area contributed by atoms with E-state index in [0.29, 0.717) is 12.3 Å². The molecule has 1 saturated carbocycles. The van der Waals surface area contributed by atoms with E-state index in [4.69, 9.17) is 32.7 Å². The zero-order valence-corrected chi connectivity index (χ0v) is 21.1. The Labute approximate surface area is 213 Å². The van der Waals surface area contributed by atoms with E-state index in [-0.39, 0.29) is 58.8 Å². The second kappa shape index (κ2) is 12.7. The second-order valence-corrected chi connectivity index (χ2v) is 9.84. The number of amides is 1. The molecule has 10 heteroatoms. The maximum atomic E-state index is 13.5. The Morgan fingerprint density at radius 2 is 1.57 bits per heavy atom. The van der Waals surface area contributed by atoms with Crippen molar-refractivity contribution >= 4 is 29.1 Å². The molecule has 0 aromatic heterocycles. The standard InChI is InChI=1S/C25H30Cl2F2N2O4/c1-14-7-16(31-24(33)13-35-19-4-6-21(27)23(29)10-19)8-15(2)25(14)30-11-17(32)12-34-18-3-5-20(26)22(28)9-18/h3-6,9-10,14-17,25,30,32H,7-8,11-13H2,1-2H3,(H,31,33). The molecule has 0 spiro atoms. The van der Waals surface area contributed by atoms with Crippen LogP contribution >= 0.6 is 23.2 Å². The minimum Gasteiger partial charge on any atom is -0.491 e. The fraction of sp³-hybridized carbons (Fsp3) is 0.480. The number of hydrogen-bond donors (Lipinski definition) is 3. The van der Waals surface area contributed by atoms with Crippen LogP contribution in [-0.4, -0.2) is 49.0 Å². The molecule has 1 fully saturated rings. The highest BCUT2D eigenvalue weighted by molar-refractivity contribution is 6.31. The molecule has 6 nitrogen and oxygen atoms in total. The molecule has 0 aliphatic heterocycles. The molecule has 2 aromatic carbocycles. The van der Waals surface area contributed by atoms with Crippen molar-refractivity contribution in [3.63, 3.8) is 0 Å². The third-order valence-corrected chi connectivity index (χ3v) is 6.70. The van der Waals surface area contributed by atoms with Crippen molar-refractivity contribution in [2.24, 2.45) is 11.8 Å². The Balaban J connectivity index is 1.39. The molecule has 1 aliphatic carbocycles. The Hall–Kier alpha value is -2.13. The van der Waals surface area contributed by atoms with Crippen LogP contribution in [0.2, 0.25) is 10.0 Å². The lowest BCUT2D eigenvalue weighted by atomic mass is 9.76. The van der Waals surface area contributed by atoms with E-state index in [1.54, 1.807) is 6.07 Å². The van der Waals surface area contributed by atoms with Crippen LogP contribution in [0.5, 0.6) is 11.5 Å². The highest BCUT2D eigenvalue weighted by atomic mass is 35.5. The van der Waals surface area contributed by atoms with Gasteiger partial charge in [0, 0.05) is 30.8 Å². The van der Waals surface area contributed by atoms with Gasteiger partial charge in [-0.05, 0) is 48.9 Å². The Kier molecular flexibility index (Phi) is 9.98. The Bertz CT molecular complexity index is 1000. The van der Waals surface area contributed by atoms with E-state index >= 15 is 0 Å². The Morgan fingerprint density at radius 3 is 2.11 bits per heavy atom. The van der Waals surface area contributed by atoms with Crippen molar-refractivity contribution in [2.75, 3.05) is 19.8 Å². The summed E-state index contributed by atoms with van der Waals surface area (Å²) < 4.78 is 37.8. The van der Waals surface area contributed by atoms with Gasteiger partial charge in [-0.15, -0.1) is 0 Å². The van der Waals surface area contributed by atoms with Crippen molar-refractivity contribution in [1.82, 2.24) is 10.6 Å². The molecule has 1 aliphatic rings. The van der Waals surface area contributed by atoms with Crippen LogP contribution in [0.15, 0.2) is 36.4 Å². The molecule has 3 unspecified atom stereocenters. The van der Waals surface area contributed by atoms with Crippen LogP contribution in [0.1, 0.15) is 26.7 Å². The van der Waals surface area contributed by atoms with Gasteiger partial charge in [0.2, 0.25) is 0 Å². The monoisotopic (exact) mass is 530 g/mol. The number of carbonyl (C=O) groups excluding carboxylic acids is 1. The van der Waals surface area contributed by atoms with E-state index in [1.165, 1.54) is 24.3 Å². The van der Waals surface area contributed by atoms with Crippen molar-refractivity contribution in [1.29, 1.82) is 0 Å². The van der Waals surface area contributed by atoms with Crippen LogP contribution in [-0.2, 0) is 4.79 Å². The molecule has 0 heterocycles. The molecule has 3 N–H and O–H groups in total. The molecular weight excluding hydrogens is 501 g/mol. The number of nitrogens with one attached hydrogen (secondary N) is 2. The first kappa shape index (κ1) is 27.5. The summed E-state index contributed by atoms with van der Waals surface area (Å²) >= 11 is 11.3. The topological polar surface area (TPSA) is 79.8 Å². The predicted molar refractivity (Wildman–Crippen MR) is 131 cm³/mol. The van der Waals surface area contributed by atoms with Crippen molar-refractivity contribution in [2.45, 2.75) is 44.9 Å². The minimum absolute atomic E-state index is 0.00728. The van der Waals surface area contributed by atoms with E-state index in [9.17, 15) is 18.7 Å². The number of ether oxygens (including phenoxy) is 2. The first-order valence-corrected chi connectivity index (χ1v) is 12.2. The normalized spacial score (nSPS) is 22.9. The van der Waals surface area contributed by atoms with Gasteiger partial charge in [0.15, 0.2) is 6.61 Å².